The molecule has 1 saturated heterocycles. The van der Waals surface area contributed by atoms with E-state index in [1.54, 1.807) is 18.2 Å². The van der Waals surface area contributed by atoms with Crippen LogP contribution >= 0.6 is 0 Å². The first-order chi connectivity index (χ1) is 14.1. The SMILES string of the molecule is CON1CCC(CC(C)(CC(F)(F)F)NC(=O)c2cnc3c(C)cccc3c2)CC1. The number of nitrogens with one attached hydrogen (secondary N) is 1. The Kier molecular flexibility index (Phi) is 6.67. The lowest BCUT2D eigenvalue weighted by Crippen LogP contribution is -2.50. The predicted octanol–water partition coefficient (Wildman–Crippen LogP) is 4.65. The number of carbonyl (C=O) groups is 1. The van der Waals surface area contributed by atoms with Gasteiger partial charge in [-0.15, -0.1) is 0 Å². The zero-order valence-corrected chi connectivity index (χ0v) is 17.6. The van der Waals surface area contributed by atoms with E-state index < -0.39 is 24.0 Å². The number of benzene rings is 1. The summed E-state index contributed by atoms with van der Waals surface area (Å²) in [4.78, 5) is 22.4. The van der Waals surface area contributed by atoms with Crippen LogP contribution in [-0.4, -0.2) is 47.9 Å². The average molecular weight is 423 g/mol. The molecule has 1 aromatic heterocycles. The number of aryl methyl sites for hydroxylation is 1. The van der Waals surface area contributed by atoms with Gasteiger partial charge in [-0.25, -0.2) is 0 Å². The fourth-order valence-corrected chi connectivity index (χ4v) is 4.33. The number of para-hydroxylation sites is 1. The van der Waals surface area contributed by atoms with Gasteiger partial charge in [0, 0.05) is 30.2 Å². The van der Waals surface area contributed by atoms with Gasteiger partial charge in [0.1, 0.15) is 0 Å². The summed E-state index contributed by atoms with van der Waals surface area (Å²) in [5.41, 5.74) is 0.619. The monoisotopic (exact) mass is 423 g/mol. The summed E-state index contributed by atoms with van der Waals surface area (Å²) >= 11 is 0. The molecule has 0 bridgehead atoms. The molecule has 0 aliphatic carbocycles. The zero-order chi connectivity index (χ0) is 21.9. The number of carbonyl (C=O) groups excluding carboxylic acids is 1. The third-order valence-corrected chi connectivity index (χ3v) is 5.75. The van der Waals surface area contributed by atoms with Crippen molar-refractivity contribution in [1.82, 2.24) is 15.4 Å². The highest BCUT2D eigenvalue weighted by atomic mass is 19.4. The minimum Gasteiger partial charge on any atom is -0.346 e. The van der Waals surface area contributed by atoms with E-state index in [2.05, 4.69) is 10.3 Å². The van der Waals surface area contributed by atoms with Gasteiger partial charge in [0.25, 0.3) is 5.91 Å². The summed E-state index contributed by atoms with van der Waals surface area (Å²) in [5, 5.41) is 5.26. The third-order valence-electron chi connectivity index (χ3n) is 5.75. The molecule has 0 saturated carbocycles. The van der Waals surface area contributed by atoms with E-state index >= 15 is 0 Å². The van der Waals surface area contributed by atoms with Crippen molar-refractivity contribution >= 4 is 16.8 Å². The number of nitrogens with zero attached hydrogens (tertiary/aromatic N) is 2. The minimum absolute atomic E-state index is 0.0847. The Bertz CT molecular complexity index is 895. The number of alkyl halides is 3. The maximum atomic E-state index is 13.3. The molecule has 0 radical (unpaired) electrons. The van der Waals surface area contributed by atoms with Crippen molar-refractivity contribution in [1.29, 1.82) is 0 Å². The van der Waals surface area contributed by atoms with Crippen LogP contribution in [0.3, 0.4) is 0 Å². The van der Waals surface area contributed by atoms with E-state index in [-0.39, 0.29) is 17.9 Å². The van der Waals surface area contributed by atoms with Crippen molar-refractivity contribution in [3.63, 3.8) is 0 Å². The van der Waals surface area contributed by atoms with Crippen molar-refractivity contribution < 1.29 is 22.8 Å². The van der Waals surface area contributed by atoms with Gasteiger partial charge in [-0.1, -0.05) is 18.2 Å². The largest absolute Gasteiger partial charge is 0.391 e. The van der Waals surface area contributed by atoms with Crippen LogP contribution in [0.25, 0.3) is 10.9 Å². The van der Waals surface area contributed by atoms with Crippen molar-refractivity contribution in [3.05, 3.63) is 41.6 Å². The molecule has 1 atom stereocenters. The van der Waals surface area contributed by atoms with Crippen LogP contribution in [-0.2, 0) is 4.84 Å². The lowest BCUT2D eigenvalue weighted by Gasteiger charge is -2.38. The summed E-state index contributed by atoms with van der Waals surface area (Å²) in [7, 11) is 1.59. The Morgan fingerprint density at radius 2 is 2.00 bits per heavy atom. The van der Waals surface area contributed by atoms with Crippen LogP contribution in [0.4, 0.5) is 13.2 Å². The standard InChI is InChI=1S/C22H28F3N3O2/c1-15-5-4-6-17-11-18(13-26-19(15)17)20(29)27-21(2,14-22(23,24)25)12-16-7-9-28(30-3)10-8-16/h4-6,11,13,16H,7-10,12,14H2,1-3H3,(H,27,29). The van der Waals surface area contributed by atoms with Gasteiger partial charge in [-0.2, -0.15) is 18.2 Å². The molecular formula is C22H28F3N3O2. The van der Waals surface area contributed by atoms with Crippen LogP contribution in [0.15, 0.2) is 30.5 Å². The molecule has 5 nitrogen and oxygen atoms in total. The molecule has 30 heavy (non-hydrogen) atoms. The summed E-state index contributed by atoms with van der Waals surface area (Å²) in [6, 6.07) is 7.30. The topological polar surface area (TPSA) is 54.5 Å². The molecule has 8 heteroatoms. The number of pyridine rings is 1. The smallest absolute Gasteiger partial charge is 0.346 e. The van der Waals surface area contributed by atoms with Gasteiger partial charge >= 0.3 is 6.18 Å². The van der Waals surface area contributed by atoms with Crippen LogP contribution < -0.4 is 5.32 Å². The maximum absolute atomic E-state index is 13.3. The van der Waals surface area contributed by atoms with Crippen molar-refractivity contribution in [3.8, 4) is 0 Å². The second-order valence-electron chi connectivity index (χ2n) is 8.44. The molecule has 1 aromatic carbocycles. The van der Waals surface area contributed by atoms with Crippen molar-refractivity contribution in [2.75, 3.05) is 20.2 Å². The zero-order valence-electron chi connectivity index (χ0n) is 17.6. The van der Waals surface area contributed by atoms with Crippen molar-refractivity contribution in [2.24, 2.45) is 5.92 Å². The van der Waals surface area contributed by atoms with E-state index in [1.807, 2.05) is 25.1 Å². The third kappa shape index (κ3) is 5.70. The summed E-state index contributed by atoms with van der Waals surface area (Å²) < 4.78 is 40.0. The quantitative estimate of drug-likeness (QED) is 0.735. The molecule has 2 heterocycles. The molecule has 1 fully saturated rings. The number of fused-ring (bicyclic) bond motifs is 1. The van der Waals surface area contributed by atoms with E-state index in [0.717, 1.165) is 29.3 Å². The molecule has 3 rings (SSSR count). The molecule has 2 aromatic rings. The number of amides is 1. The van der Waals surface area contributed by atoms with E-state index in [1.165, 1.54) is 13.1 Å². The average Bonchev–Trinajstić information content (AvgIpc) is 2.66. The highest BCUT2D eigenvalue weighted by molar-refractivity contribution is 5.98. The molecule has 1 aliphatic heterocycles. The van der Waals surface area contributed by atoms with Crippen LogP contribution in [0, 0.1) is 12.8 Å². The molecule has 1 amide bonds. The molecule has 1 aliphatic rings. The fraction of sp³-hybridized carbons (Fsp3) is 0.545. The molecule has 164 valence electrons. The molecule has 0 spiro atoms. The van der Waals surface area contributed by atoms with Gasteiger partial charge in [0.05, 0.1) is 24.6 Å². The number of hydrogen-bond acceptors (Lipinski definition) is 4. The highest BCUT2D eigenvalue weighted by Crippen LogP contribution is 2.35. The number of rotatable bonds is 6. The van der Waals surface area contributed by atoms with Gasteiger partial charge in [-0.05, 0) is 50.7 Å². The first kappa shape index (κ1) is 22.5. The van der Waals surface area contributed by atoms with Crippen LogP contribution in [0.2, 0.25) is 0 Å². The van der Waals surface area contributed by atoms with Crippen LogP contribution in [0.5, 0.6) is 0 Å². The van der Waals surface area contributed by atoms with Crippen LogP contribution in [0.1, 0.15) is 48.5 Å². The second-order valence-corrected chi connectivity index (χ2v) is 8.44. The molecule has 1 unspecified atom stereocenters. The summed E-state index contributed by atoms with van der Waals surface area (Å²) in [6.07, 6.45) is -2.31. The Hall–Kier alpha value is -2.19. The number of piperidine rings is 1. The molecular weight excluding hydrogens is 395 g/mol. The predicted molar refractivity (Wildman–Crippen MR) is 109 cm³/mol. The summed E-state index contributed by atoms with van der Waals surface area (Å²) in [5.74, 6) is -0.451. The van der Waals surface area contributed by atoms with E-state index in [0.29, 0.717) is 13.1 Å². The lowest BCUT2D eigenvalue weighted by molar-refractivity contribution is -0.157. The minimum atomic E-state index is -4.38. The number of halogens is 3. The Labute approximate surface area is 174 Å². The Morgan fingerprint density at radius 3 is 2.63 bits per heavy atom. The number of hydrogen-bond donors (Lipinski definition) is 1. The second kappa shape index (κ2) is 8.89. The van der Waals surface area contributed by atoms with E-state index in [9.17, 15) is 18.0 Å². The van der Waals surface area contributed by atoms with Gasteiger partial charge in [0.2, 0.25) is 0 Å². The van der Waals surface area contributed by atoms with E-state index in [4.69, 9.17) is 4.84 Å². The first-order valence-electron chi connectivity index (χ1n) is 10.1. The highest BCUT2D eigenvalue weighted by Gasteiger charge is 2.42. The Balaban J connectivity index is 1.77. The first-order valence-corrected chi connectivity index (χ1v) is 10.1. The lowest BCUT2D eigenvalue weighted by atomic mass is 9.81. The maximum Gasteiger partial charge on any atom is 0.391 e. The Morgan fingerprint density at radius 1 is 1.30 bits per heavy atom. The molecule has 1 N–H and O–H groups in total. The van der Waals surface area contributed by atoms with Gasteiger partial charge in [-0.3, -0.25) is 9.78 Å². The van der Waals surface area contributed by atoms with Crippen molar-refractivity contribution in [2.45, 2.75) is 51.2 Å². The van der Waals surface area contributed by atoms with Gasteiger partial charge < -0.3 is 10.2 Å². The number of aromatic nitrogens is 1. The number of hydroxylamine groups is 2. The fourth-order valence-electron chi connectivity index (χ4n) is 4.33. The summed E-state index contributed by atoms with van der Waals surface area (Å²) in [6.45, 7) is 4.75. The van der Waals surface area contributed by atoms with Gasteiger partial charge in [0.15, 0.2) is 0 Å². The normalized spacial score (nSPS) is 18.3.